The van der Waals surface area contributed by atoms with Crippen LogP contribution in [0.2, 0.25) is 0 Å². The van der Waals surface area contributed by atoms with Crippen LogP contribution >= 0.6 is 0 Å². The lowest BCUT2D eigenvalue weighted by Gasteiger charge is -2.36. The third-order valence-corrected chi connectivity index (χ3v) is 12.9. The van der Waals surface area contributed by atoms with Gasteiger partial charge in [-0.25, -0.2) is 14.4 Å². The highest BCUT2D eigenvalue weighted by molar-refractivity contribution is 7.86. The SMILES string of the molecule is Cc1cc(C)cc(C(=O)N(NC(=O)c2ccc3c(c2C)O[C@@H](CF)CO3)C(C)(C)C)c1.Cc1ccc(S(=O)(=O)OC[C@H]2COc3ccc(C(=O)NN(C(=O)c4cc(C)cc(C)c4)C(C)(C)C)c(C)c3O2)cc1. The highest BCUT2D eigenvalue weighted by Crippen LogP contribution is 2.39. The first-order chi connectivity index (χ1) is 33.7. The first-order valence-electron chi connectivity index (χ1n) is 23.5. The van der Waals surface area contributed by atoms with Crippen LogP contribution in [-0.2, 0) is 14.3 Å². The molecule has 0 aromatic heterocycles. The Morgan fingerprint density at radius 3 is 1.36 bits per heavy atom. The molecule has 384 valence electrons. The molecule has 0 fully saturated rings. The van der Waals surface area contributed by atoms with E-state index in [9.17, 15) is 32.0 Å². The molecule has 0 saturated carbocycles. The van der Waals surface area contributed by atoms with Gasteiger partial charge in [0.1, 0.15) is 26.5 Å². The number of aryl methyl sites for hydroxylation is 5. The van der Waals surface area contributed by atoms with Crippen LogP contribution in [0.25, 0.3) is 0 Å². The number of nitrogens with one attached hydrogen (secondary N) is 2. The molecule has 4 amide bonds. The molecule has 7 rings (SSSR count). The van der Waals surface area contributed by atoms with Crippen LogP contribution in [0.5, 0.6) is 23.0 Å². The molecule has 17 heteroatoms. The van der Waals surface area contributed by atoms with Crippen molar-refractivity contribution >= 4 is 33.7 Å². The number of carbonyl (C=O) groups excluding carboxylic acids is 4. The van der Waals surface area contributed by atoms with Gasteiger partial charge >= 0.3 is 0 Å². The quantitative estimate of drug-likeness (QED) is 0.106. The summed E-state index contributed by atoms with van der Waals surface area (Å²) in [6, 6.07) is 24.0. The van der Waals surface area contributed by atoms with Gasteiger partial charge < -0.3 is 18.9 Å². The summed E-state index contributed by atoms with van der Waals surface area (Å²) in [5.74, 6) is -0.0351. The zero-order chi connectivity index (χ0) is 53.0. The number of halogens is 1. The fourth-order valence-electron chi connectivity index (χ4n) is 8.03. The maximum atomic E-state index is 13.5. The van der Waals surface area contributed by atoms with Crippen LogP contribution in [0.4, 0.5) is 4.39 Å². The van der Waals surface area contributed by atoms with Crippen LogP contribution in [0, 0.1) is 48.5 Å². The number of ether oxygens (including phenoxy) is 4. The van der Waals surface area contributed by atoms with Gasteiger partial charge in [0.15, 0.2) is 35.2 Å². The molecule has 5 aromatic rings. The number of rotatable bonds is 9. The summed E-state index contributed by atoms with van der Waals surface area (Å²) in [4.78, 5) is 53.5. The lowest BCUT2D eigenvalue weighted by molar-refractivity contribution is 0.0355. The van der Waals surface area contributed by atoms with Gasteiger partial charge in [-0.2, -0.15) is 8.42 Å². The first kappa shape index (κ1) is 54.4. The number of fused-ring (bicyclic) bond motifs is 2. The number of benzene rings is 5. The number of amides is 4. The van der Waals surface area contributed by atoms with Crippen molar-refractivity contribution in [3.05, 3.63) is 146 Å². The van der Waals surface area contributed by atoms with Crippen molar-refractivity contribution in [2.24, 2.45) is 0 Å². The van der Waals surface area contributed by atoms with Gasteiger partial charge in [0, 0.05) is 33.4 Å². The van der Waals surface area contributed by atoms with Crippen molar-refractivity contribution in [3.8, 4) is 23.0 Å². The van der Waals surface area contributed by atoms with Gasteiger partial charge in [0.25, 0.3) is 33.7 Å². The summed E-state index contributed by atoms with van der Waals surface area (Å²) in [6.07, 6.45) is -1.43. The second kappa shape index (κ2) is 21.8. The number of hydrogen-bond acceptors (Lipinski definition) is 11. The number of hydrazine groups is 2. The number of hydrogen-bond donors (Lipinski definition) is 2. The summed E-state index contributed by atoms with van der Waals surface area (Å²) in [5.41, 5.74) is 11.5. The summed E-state index contributed by atoms with van der Waals surface area (Å²) in [5, 5.41) is 2.66. The standard InChI is InChI=1S/C31H36N2O7S.C24H29FN2O4/c1-19-8-10-25(11-9-19)41(36,37)39-18-24-17-38-27-13-12-26(22(4)28(27)40-24)29(34)32-33(31(5,6)7)30(35)23-15-20(2)14-21(3)16-23;1-14-9-15(2)11-17(10-14)23(29)27(24(4,5)6)26-22(28)19-7-8-20-21(16(19)3)31-18(12-25)13-30-20/h8-16,24H,17-18H2,1-7H3,(H,32,34);7-11,18H,12-13H2,1-6H3,(H,26,28)/t24-;18-/m10/s1. The zero-order valence-corrected chi connectivity index (χ0v) is 44.1. The lowest BCUT2D eigenvalue weighted by atomic mass is 10.0. The number of nitrogens with zero attached hydrogens (tertiary/aromatic N) is 2. The highest BCUT2D eigenvalue weighted by atomic mass is 32.2. The minimum Gasteiger partial charge on any atom is -0.486 e. The van der Waals surface area contributed by atoms with Crippen molar-refractivity contribution in [2.75, 3.05) is 26.5 Å². The molecule has 0 spiro atoms. The fourth-order valence-corrected chi connectivity index (χ4v) is 8.97. The molecule has 2 aliphatic rings. The summed E-state index contributed by atoms with van der Waals surface area (Å²) < 4.78 is 66.6. The van der Waals surface area contributed by atoms with Crippen LogP contribution in [0.15, 0.2) is 89.8 Å². The van der Waals surface area contributed by atoms with Crippen LogP contribution in [-0.4, -0.2) is 91.8 Å². The molecule has 0 saturated heterocycles. The summed E-state index contributed by atoms with van der Waals surface area (Å²) >= 11 is 0. The Bertz CT molecular complexity index is 2940. The molecule has 2 atom stereocenters. The van der Waals surface area contributed by atoms with Gasteiger partial charge in [-0.05, 0) is 151 Å². The molecule has 0 unspecified atom stereocenters. The predicted octanol–water partition coefficient (Wildman–Crippen LogP) is 9.36. The van der Waals surface area contributed by atoms with Crippen molar-refractivity contribution in [2.45, 2.75) is 118 Å². The van der Waals surface area contributed by atoms with Crippen molar-refractivity contribution in [1.82, 2.24) is 20.9 Å². The van der Waals surface area contributed by atoms with Crippen LogP contribution < -0.4 is 29.8 Å². The largest absolute Gasteiger partial charge is 0.486 e. The topological polar surface area (TPSA) is 179 Å². The van der Waals surface area contributed by atoms with E-state index in [2.05, 4.69) is 10.9 Å². The summed E-state index contributed by atoms with van der Waals surface area (Å²) in [6.45, 7) is 23.2. The average Bonchev–Trinajstić information content (AvgIpc) is 3.30. The Morgan fingerprint density at radius 1 is 0.583 bits per heavy atom. The third-order valence-electron chi connectivity index (χ3n) is 11.6. The molecule has 0 bridgehead atoms. The minimum atomic E-state index is -3.99. The average molecular weight is 1010 g/mol. The maximum Gasteiger partial charge on any atom is 0.297 e. The van der Waals surface area contributed by atoms with Gasteiger partial charge in [-0.3, -0.25) is 34.2 Å². The molecule has 15 nitrogen and oxygen atoms in total. The van der Waals surface area contributed by atoms with Gasteiger partial charge in [0.2, 0.25) is 0 Å². The smallest absolute Gasteiger partial charge is 0.297 e. The van der Waals surface area contributed by atoms with E-state index < -0.39 is 51.9 Å². The Kier molecular flexibility index (Phi) is 16.4. The first-order valence-corrected chi connectivity index (χ1v) is 24.9. The Labute approximate surface area is 422 Å². The van der Waals surface area contributed by atoms with Gasteiger partial charge in [0.05, 0.1) is 16.0 Å². The second-order valence-electron chi connectivity index (χ2n) is 20.2. The van der Waals surface area contributed by atoms with E-state index in [0.29, 0.717) is 50.8 Å². The molecular weight excluding hydrogens is 944 g/mol. The Morgan fingerprint density at radius 2 is 0.972 bits per heavy atom. The maximum absolute atomic E-state index is 13.5. The highest BCUT2D eigenvalue weighted by Gasteiger charge is 2.34. The van der Waals surface area contributed by atoms with E-state index in [0.717, 1.165) is 27.8 Å². The third kappa shape index (κ3) is 12.9. The van der Waals surface area contributed by atoms with Crippen molar-refractivity contribution < 1.29 is 55.1 Å². The molecule has 2 N–H and O–H groups in total. The van der Waals surface area contributed by atoms with Crippen molar-refractivity contribution in [1.29, 1.82) is 0 Å². The molecule has 0 aliphatic carbocycles. The van der Waals surface area contributed by atoms with E-state index in [1.807, 2.05) is 88.3 Å². The van der Waals surface area contributed by atoms with E-state index >= 15 is 0 Å². The minimum absolute atomic E-state index is 0.0501. The van der Waals surface area contributed by atoms with Gasteiger partial charge in [-0.15, -0.1) is 0 Å². The molecule has 5 aromatic carbocycles. The van der Waals surface area contributed by atoms with E-state index in [1.54, 1.807) is 74.5 Å². The lowest BCUT2D eigenvalue weighted by Crippen LogP contribution is -2.56. The summed E-state index contributed by atoms with van der Waals surface area (Å²) in [7, 11) is -3.99. The van der Waals surface area contributed by atoms with Gasteiger partial charge in [-0.1, -0.05) is 52.1 Å². The van der Waals surface area contributed by atoms with E-state index in [4.69, 9.17) is 23.1 Å². The second-order valence-corrected chi connectivity index (χ2v) is 21.8. The van der Waals surface area contributed by atoms with E-state index in [-0.39, 0.29) is 42.1 Å². The molecule has 0 radical (unpaired) electrons. The Hall–Kier alpha value is -6.98. The molecule has 2 aliphatic heterocycles. The number of alkyl halides is 1. The normalized spacial score (nSPS) is 15.1. The number of carbonyl (C=O) groups is 4. The van der Waals surface area contributed by atoms with E-state index in [1.165, 1.54) is 22.2 Å². The predicted molar refractivity (Wildman–Crippen MR) is 271 cm³/mol. The molecular formula is C55H65FN4O11S. The Balaban J connectivity index is 0.000000245. The molecule has 2 heterocycles. The molecule has 72 heavy (non-hydrogen) atoms. The monoisotopic (exact) mass is 1010 g/mol. The zero-order valence-electron chi connectivity index (χ0n) is 43.2. The fraction of sp³-hybridized carbons (Fsp3) is 0.382. The van der Waals surface area contributed by atoms with Crippen molar-refractivity contribution in [3.63, 3.8) is 0 Å². The van der Waals surface area contributed by atoms with Crippen LogP contribution in [0.1, 0.15) is 122 Å². The van der Waals surface area contributed by atoms with Crippen LogP contribution in [0.3, 0.4) is 0 Å².